The van der Waals surface area contributed by atoms with Crippen molar-refractivity contribution in [3.8, 4) is 16.9 Å². The molecule has 0 radical (unpaired) electrons. The number of nitrogens with one attached hydrogen (secondary N) is 1. The third-order valence-corrected chi connectivity index (χ3v) is 3.84. The van der Waals surface area contributed by atoms with Gasteiger partial charge in [0, 0.05) is 16.8 Å². The Morgan fingerprint density at radius 1 is 0.964 bits per heavy atom. The number of rotatable bonds is 4. The first kappa shape index (κ1) is 19.0. The van der Waals surface area contributed by atoms with Gasteiger partial charge >= 0.3 is 12.2 Å². The third kappa shape index (κ3) is 3.95. The van der Waals surface area contributed by atoms with Crippen LogP contribution in [0.25, 0.3) is 16.9 Å². The highest BCUT2D eigenvalue weighted by molar-refractivity contribution is 5.93. The Morgan fingerprint density at radius 2 is 1.57 bits per heavy atom. The monoisotopic (exact) mass is 389 g/mol. The first-order valence-electron chi connectivity index (χ1n) is 7.89. The zero-order valence-electron chi connectivity index (χ0n) is 14.2. The number of carbonyl (C=O) groups excluding carboxylic acids is 2. The molecule has 2 aromatic carbocycles. The van der Waals surface area contributed by atoms with E-state index in [0.29, 0.717) is 16.9 Å². The molecule has 0 atom stereocenters. The first-order valence-corrected chi connectivity index (χ1v) is 7.89. The molecular weight excluding hydrogens is 375 g/mol. The van der Waals surface area contributed by atoms with E-state index < -0.39 is 23.8 Å². The topological polar surface area (TPSA) is 116 Å². The second-order valence-electron chi connectivity index (χ2n) is 5.80. The summed E-state index contributed by atoms with van der Waals surface area (Å²) in [5, 5.41) is 6.03. The molecule has 0 fully saturated rings. The number of aromatic nitrogens is 2. The van der Waals surface area contributed by atoms with E-state index in [2.05, 4.69) is 10.4 Å². The standard InChI is InChI=1S/C18H14F3N5O2/c19-18(20,21)15-9-14(10-1-3-11(4-2-10)16(22)27)26(25-15)13-7-5-12(6-8-13)24-17(23)28/h1-9H,(H2,22,27)(H3,23,24,28). The van der Waals surface area contributed by atoms with Crippen LogP contribution in [0.1, 0.15) is 16.1 Å². The van der Waals surface area contributed by atoms with Gasteiger partial charge in [0.1, 0.15) is 0 Å². The Balaban J connectivity index is 2.08. The Hall–Kier alpha value is -3.82. The van der Waals surface area contributed by atoms with E-state index >= 15 is 0 Å². The maximum Gasteiger partial charge on any atom is 0.435 e. The lowest BCUT2D eigenvalue weighted by Crippen LogP contribution is -2.19. The van der Waals surface area contributed by atoms with Crippen LogP contribution in [0.15, 0.2) is 54.6 Å². The van der Waals surface area contributed by atoms with E-state index in [-0.39, 0.29) is 11.3 Å². The minimum Gasteiger partial charge on any atom is -0.366 e. The number of hydrogen-bond acceptors (Lipinski definition) is 3. The lowest BCUT2D eigenvalue weighted by Gasteiger charge is -2.09. The number of anilines is 1. The number of nitrogens with two attached hydrogens (primary N) is 2. The predicted octanol–water partition coefficient (Wildman–Crippen LogP) is 3.15. The number of carbonyl (C=O) groups is 2. The summed E-state index contributed by atoms with van der Waals surface area (Å²) in [6.45, 7) is 0. The molecule has 1 heterocycles. The number of halogens is 3. The summed E-state index contributed by atoms with van der Waals surface area (Å²) in [6, 6.07) is 11.9. The van der Waals surface area contributed by atoms with Crippen molar-refractivity contribution in [2.45, 2.75) is 6.18 Å². The van der Waals surface area contributed by atoms with Gasteiger partial charge in [-0.2, -0.15) is 18.3 Å². The highest BCUT2D eigenvalue weighted by Crippen LogP contribution is 2.33. The van der Waals surface area contributed by atoms with Gasteiger partial charge in [-0.1, -0.05) is 12.1 Å². The third-order valence-electron chi connectivity index (χ3n) is 3.84. The molecule has 1 aromatic heterocycles. The Kier molecular flexibility index (Phi) is 4.78. The molecule has 0 spiro atoms. The summed E-state index contributed by atoms with van der Waals surface area (Å²) in [7, 11) is 0. The maximum atomic E-state index is 13.2. The molecule has 7 nitrogen and oxygen atoms in total. The minimum absolute atomic E-state index is 0.166. The molecule has 0 aliphatic heterocycles. The largest absolute Gasteiger partial charge is 0.435 e. The summed E-state index contributed by atoms with van der Waals surface area (Å²) in [5.41, 5.74) is 10.7. The smallest absolute Gasteiger partial charge is 0.366 e. The van der Waals surface area contributed by atoms with Crippen molar-refractivity contribution < 1.29 is 22.8 Å². The quantitative estimate of drug-likeness (QED) is 0.636. The second-order valence-corrected chi connectivity index (χ2v) is 5.80. The number of amides is 3. The van der Waals surface area contributed by atoms with Crippen molar-refractivity contribution in [1.29, 1.82) is 0 Å². The zero-order valence-corrected chi connectivity index (χ0v) is 14.2. The highest BCUT2D eigenvalue weighted by atomic mass is 19.4. The molecule has 144 valence electrons. The van der Waals surface area contributed by atoms with Crippen molar-refractivity contribution >= 4 is 17.6 Å². The molecule has 0 aliphatic carbocycles. The number of urea groups is 1. The van der Waals surface area contributed by atoms with Crippen molar-refractivity contribution in [2.75, 3.05) is 5.32 Å². The molecule has 5 N–H and O–H groups in total. The van der Waals surface area contributed by atoms with Gasteiger partial charge in [-0.05, 0) is 42.5 Å². The molecule has 0 aliphatic rings. The van der Waals surface area contributed by atoms with E-state index in [4.69, 9.17) is 11.5 Å². The average molecular weight is 389 g/mol. The van der Waals surface area contributed by atoms with Crippen LogP contribution in [-0.4, -0.2) is 21.7 Å². The van der Waals surface area contributed by atoms with Crippen LogP contribution in [0.2, 0.25) is 0 Å². The Bertz CT molecular complexity index is 1020. The van der Waals surface area contributed by atoms with Crippen LogP contribution in [0, 0.1) is 0 Å². The molecule has 3 amide bonds. The summed E-state index contributed by atoms with van der Waals surface area (Å²) >= 11 is 0. The van der Waals surface area contributed by atoms with Crippen LogP contribution >= 0.6 is 0 Å². The lowest BCUT2D eigenvalue weighted by molar-refractivity contribution is -0.141. The molecule has 28 heavy (non-hydrogen) atoms. The molecule has 3 aromatic rings. The molecule has 0 bridgehead atoms. The summed E-state index contributed by atoms with van der Waals surface area (Å²) in [4.78, 5) is 22.1. The summed E-state index contributed by atoms with van der Waals surface area (Å²) in [6.07, 6.45) is -4.64. The first-order chi connectivity index (χ1) is 13.1. The van der Waals surface area contributed by atoms with Crippen LogP contribution < -0.4 is 16.8 Å². The van der Waals surface area contributed by atoms with E-state index in [9.17, 15) is 22.8 Å². The SMILES string of the molecule is NC(=O)Nc1ccc(-n2nc(C(F)(F)F)cc2-c2ccc(C(N)=O)cc2)cc1. The van der Waals surface area contributed by atoms with Gasteiger partial charge in [-0.3, -0.25) is 4.79 Å². The van der Waals surface area contributed by atoms with E-state index in [1.165, 1.54) is 48.5 Å². The van der Waals surface area contributed by atoms with Crippen molar-refractivity contribution in [2.24, 2.45) is 11.5 Å². The predicted molar refractivity (Wildman–Crippen MR) is 95.7 cm³/mol. The highest BCUT2D eigenvalue weighted by Gasteiger charge is 2.35. The molecule has 3 rings (SSSR count). The van der Waals surface area contributed by atoms with Crippen molar-refractivity contribution in [3.05, 3.63) is 65.9 Å². The van der Waals surface area contributed by atoms with Crippen LogP contribution in [-0.2, 0) is 6.18 Å². The fourth-order valence-electron chi connectivity index (χ4n) is 2.56. The Morgan fingerprint density at radius 3 is 2.07 bits per heavy atom. The molecule has 0 saturated carbocycles. The van der Waals surface area contributed by atoms with Gasteiger partial charge in [0.15, 0.2) is 5.69 Å². The van der Waals surface area contributed by atoms with Gasteiger partial charge in [0.25, 0.3) is 0 Å². The normalized spacial score (nSPS) is 11.2. The van der Waals surface area contributed by atoms with E-state index in [1.807, 2.05) is 0 Å². The van der Waals surface area contributed by atoms with Gasteiger partial charge in [0.05, 0.1) is 11.4 Å². The average Bonchev–Trinajstić information content (AvgIpc) is 3.07. The minimum atomic E-state index is -4.64. The van der Waals surface area contributed by atoms with Gasteiger partial charge in [-0.25, -0.2) is 9.48 Å². The number of alkyl halides is 3. The van der Waals surface area contributed by atoms with E-state index in [0.717, 1.165) is 10.7 Å². The second kappa shape index (κ2) is 7.06. The van der Waals surface area contributed by atoms with Crippen molar-refractivity contribution in [1.82, 2.24) is 9.78 Å². The fourth-order valence-corrected chi connectivity index (χ4v) is 2.56. The van der Waals surface area contributed by atoms with Gasteiger partial charge in [0.2, 0.25) is 5.91 Å². The fraction of sp³-hybridized carbons (Fsp3) is 0.0556. The number of benzene rings is 2. The van der Waals surface area contributed by atoms with E-state index in [1.54, 1.807) is 0 Å². The Labute approximate surface area is 156 Å². The van der Waals surface area contributed by atoms with Gasteiger partial charge in [-0.15, -0.1) is 0 Å². The number of primary amides is 2. The molecule has 0 saturated heterocycles. The number of nitrogens with zero attached hydrogens (tertiary/aromatic N) is 2. The lowest BCUT2D eigenvalue weighted by atomic mass is 10.1. The molecular formula is C18H14F3N5O2. The molecule has 10 heteroatoms. The molecule has 0 unspecified atom stereocenters. The van der Waals surface area contributed by atoms with Crippen LogP contribution in [0.3, 0.4) is 0 Å². The number of hydrogen-bond donors (Lipinski definition) is 3. The summed E-state index contributed by atoms with van der Waals surface area (Å²) < 4.78 is 40.7. The summed E-state index contributed by atoms with van der Waals surface area (Å²) in [5.74, 6) is -0.645. The zero-order chi connectivity index (χ0) is 20.5. The van der Waals surface area contributed by atoms with Crippen molar-refractivity contribution in [3.63, 3.8) is 0 Å². The van der Waals surface area contributed by atoms with Crippen LogP contribution in [0.5, 0.6) is 0 Å². The maximum absolute atomic E-state index is 13.2. The van der Waals surface area contributed by atoms with Crippen LogP contribution in [0.4, 0.5) is 23.7 Å². The van der Waals surface area contributed by atoms with Gasteiger partial charge < -0.3 is 16.8 Å².